The Labute approximate surface area is 172 Å². The van der Waals surface area contributed by atoms with Crippen molar-refractivity contribution < 1.29 is 19.1 Å². The van der Waals surface area contributed by atoms with Crippen LogP contribution in [0, 0.1) is 19.3 Å². The van der Waals surface area contributed by atoms with E-state index in [-0.39, 0.29) is 24.3 Å². The Morgan fingerprint density at radius 2 is 1.66 bits per heavy atom. The first-order valence-corrected chi connectivity index (χ1v) is 9.72. The van der Waals surface area contributed by atoms with Gasteiger partial charge in [-0.3, -0.25) is 9.59 Å². The third-order valence-corrected chi connectivity index (χ3v) is 4.70. The number of aryl methyl sites for hydroxylation is 1. The maximum Gasteiger partial charge on any atom is 0.340 e. The summed E-state index contributed by atoms with van der Waals surface area (Å²) in [7, 11) is 0. The maximum absolute atomic E-state index is 12.4. The Kier molecular flexibility index (Phi) is 6.67. The predicted molar refractivity (Wildman–Crippen MR) is 113 cm³/mol. The summed E-state index contributed by atoms with van der Waals surface area (Å²) in [6.07, 6.45) is 0. The van der Waals surface area contributed by atoms with Crippen molar-refractivity contribution in [1.82, 2.24) is 4.57 Å². The highest BCUT2D eigenvalue weighted by Gasteiger charge is 2.22. The summed E-state index contributed by atoms with van der Waals surface area (Å²) in [5.41, 5.74) is 2.80. The van der Waals surface area contributed by atoms with Gasteiger partial charge in [0.1, 0.15) is 0 Å². The van der Waals surface area contributed by atoms with Crippen LogP contribution in [0.1, 0.15) is 72.8 Å². The summed E-state index contributed by atoms with van der Waals surface area (Å²) in [5, 5.41) is 2.80. The number of rotatable bonds is 6. The molecule has 0 unspecified atom stereocenters. The van der Waals surface area contributed by atoms with E-state index in [1.807, 2.05) is 48.5 Å². The molecule has 1 heterocycles. The number of esters is 1. The average molecular weight is 399 g/mol. The van der Waals surface area contributed by atoms with Gasteiger partial charge in [-0.1, -0.05) is 20.8 Å². The second-order valence-corrected chi connectivity index (χ2v) is 8.53. The first kappa shape index (κ1) is 22.4. The molecule has 6 heteroatoms. The van der Waals surface area contributed by atoms with Crippen LogP contribution < -0.4 is 5.32 Å². The molecule has 0 aliphatic carbocycles. The molecule has 2 rings (SSSR count). The number of nitrogens with zero attached hydrogens (tertiary/aromatic N) is 1. The van der Waals surface area contributed by atoms with Crippen LogP contribution in [0.3, 0.4) is 0 Å². The molecule has 6 nitrogen and oxygen atoms in total. The molecule has 0 saturated carbocycles. The number of carbonyl (C=O) groups is 3. The van der Waals surface area contributed by atoms with Crippen LogP contribution in [0.5, 0.6) is 0 Å². The van der Waals surface area contributed by atoms with Gasteiger partial charge in [0.25, 0.3) is 0 Å². The molecule has 0 fully saturated rings. The fourth-order valence-electron chi connectivity index (χ4n) is 3.13. The lowest BCUT2D eigenvalue weighted by Crippen LogP contribution is -2.27. The van der Waals surface area contributed by atoms with Gasteiger partial charge >= 0.3 is 5.97 Å². The summed E-state index contributed by atoms with van der Waals surface area (Å²) < 4.78 is 7.30. The van der Waals surface area contributed by atoms with Crippen LogP contribution in [0.25, 0.3) is 0 Å². The smallest absolute Gasteiger partial charge is 0.340 e. The number of Topliss-reactive ketones (excluding diaryl/α,β-unsaturated/α-hetero) is 1. The van der Waals surface area contributed by atoms with Crippen molar-refractivity contribution in [2.24, 2.45) is 5.41 Å². The van der Waals surface area contributed by atoms with Gasteiger partial charge < -0.3 is 14.6 Å². The van der Waals surface area contributed by atoms with Gasteiger partial charge in [0.15, 0.2) is 12.4 Å². The topological polar surface area (TPSA) is 77.4 Å². The van der Waals surface area contributed by atoms with Crippen molar-refractivity contribution in [2.75, 3.05) is 11.9 Å². The van der Waals surface area contributed by atoms with E-state index in [4.69, 9.17) is 4.74 Å². The molecule has 0 saturated heterocycles. The average Bonchev–Trinajstić information content (AvgIpc) is 2.93. The van der Waals surface area contributed by atoms with E-state index >= 15 is 0 Å². The quantitative estimate of drug-likeness (QED) is 0.565. The molecule has 1 aromatic heterocycles. The minimum Gasteiger partial charge on any atom is -0.454 e. The Morgan fingerprint density at radius 3 is 2.14 bits per heavy atom. The Morgan fingerprint density at radius 1 is 1.07 bits per heavy atom. The lowest BCUT2D eigenvalue weighted by atomic mass is 9.95. The largest absolute Gasteiger partial charge is 0.454 e. The molecule has 0 aliphatic heterocycles. The normalized spacial score (nSPS) is 11.4. The molecule has 1 aromatic carbocycles. The lowest BCUT2D eigenvalue weighted by Gasteiger charge is -2.17. The van der Waals surface area contributed by atoms with Crippen molar-refractivity contribution in [3.05, 3.63) is 52.8 Å². The van der Waals surface area contributed by atoms with E-state index in [0.717, 1.165) is 11.4 Å². The molecule has 1 amide bonds. The molecule has 1 N–H and O–H groups in total. The van der Waals surface area contributed by atoms with Crippen LogP contribution in [0.15, 0.2) is 30.3 Å². The summed E-state index contributed by atoms with van der Waals surface area (Å²) in [4.78, 5) is 36.8. The zero-order chi connectivity index (χ0) is 21.9. The molecule has 156 valence electrons. The van der Waals surface area contributed by atoms with Crippen LogP contribution in [-0.4, -0.2) is 28.8 Å². The monoisotopic (exact) mass is 398 g/mol. The number of nitrogens with one attached hydrogen (secondary N) is 1. The predicted octanol–water partition coefficient (Wildman–Crippen LogP) is 4.71. The number of benzene rings is 1. The Hall–Kier alpha value is -2.89. The van der Waals surface area contributed by atoms with Gasteiger partial charge in [0.2, 0.25) is 5.91 Å². The standard InChI is InChI=1S/C23H30N2O4/c1-14(2)25-15(3)12-19(16(25)4)21(27)29-13-20(26)17-8-10-18(11-9-17)24-22(28)23(5,6)7/h8-12,14H,13H2,1-7H3,(H,24,28). The Balaban J connectivity index is 2.00. The first-order valence-electron chi connectivity index (χ1n) is 9.72. The molecular weight excluding hydrogens is 368 g/mol. The fourth-order valence-corrected chi connectivity index (χ4v) is 3.13. The number of hydrogen-bond donors (Lipinski definition) is 1. The molecule has 0 aliphatic rings. The van der Waals surface area contributed by atoms with E-state index < -0.39 is 11.4 Å². The molecular formula is C23H30N2O4. The minimum absolute atomic E-state index is 0.107. The number of anilines is 1. The highest BCUT2D eigenvalue weighted by molar-refractivity contribution is 6.00. The lowest BCUT2D eigenvalue weighted by molar-refractivity contribution is -0.123. The van der Waals surface area contributed by atoms with E-state index in [1.54, 1.807) is 30.3 Å². The second kappa shape index (κ2) is 8.64. The summed E-state index contributed by atoms with van der Waals surface area (Å²) in [5.74, 6) is -0.915. The number of amides is 1. The number of aromatic nitrogens is 1. The third kappa shape index (κ3) is 5.34. The van der Waals surface area contributed by atoms with Gasteiger partial charge in [-0.05, 0) is 58.0 Å². The highest BCUT2D eigenvalue weighted by atomic mass is 16.5. The Bertz CT molecular complexity index is 916. The summed E-state index contributed by atoms with van der Waals surface area (Å²) in [6.45, 7) is 13.1. The van der Waals surface area contributed by atoms with Crippen molar-refractivity contribution >= 4 is 23.3 Å². The van der Waals surface area contributed by atoms with Crippen molar-refractivity contribution in [3.8, 4) is 0 Å². The zero-order valence-corrected chi connectivity index (χ0v) is 18.3. The number of hydrogen-bond acceptors (Lipinski definition) is 4. The van der Waals surface area contributed by atoms with Gasteiger partial charge in [-0.15, -0.1) is 0 Å². The molecule has 29 heavy (non-hydrogen) atoms. The maximum atomic E-state index is 12.4. The van der Waals surface area contributed by atoms with Gasteiger partial charge in [-0.25, -0.2) is 4.79 Å². The summed E-state index contributed by atoms with van der Waals surface area (Å²) in [6, 6.07) is 8.56. The summed E-state index contributed by atoms with van der Waals surface area (Å²) >= 11 is 0. The van der Waals surface area contributed by atoms with E-state index in [1.165, 1.54) is 0 Å². The van der Waals surface area contributed by atoms with Crippen molar-refractivity contribution in [1.29, 1.82) is 0 Å². The molecule has 2 aromatic rings. The van der Waals surface area contributed by atoms with Crippen LogP contribution in [0.2, 0.25) is 0 Å². The van der Waals surface area contributed by atoms with E-state index in [2.05, 4.69) is 9.88 Å². The second-order valence-electron chi connectivity index (χ2n) is 8.53. The zero-order valence-electron chi connectivity index (χ0n) is 18.3. The fraction of sp³-hybridized carbons (Fsp3) is 0.435. The van der Waals surface area contributed by atoms with Crippen LogP contribution >= 0.6 is 0 Å². The number of ether oxygens (including phenoxy) is 1. The number of ketones is 1. The molecule has 0 radical (unpaired) electrons. The van der Waals surface area contributed by atoms with Gasteiger partial charge in [-0.2, -0.15) is 0 Å². The van der Waals surface area contributed by atoms with E-state index in [9.17, 15) is 14.4 Å². The van der Waals surface area contributed by atoms with E-state index in [0.29, 0.717) is 16.8 Å². The third-order valence-electron chi connectivity index (χ3n) is 4.70. The van der Waals surface area contributed by atoms with Crippen LogP contribution in [0.4, 0.5) is 5.69 Å². The minimum atomic E-state index is -0.507. The first-order chi connectivity index (χ1) is 13.4. The highest BCUT2D eigenvalue weighted by Crippen LogP contribution is 2.21. The van der Waals surface area contributed by atoms with Gasteiger partial charge in [0.05, 0.1) is 5.56 Å². The van der Waals surface area contributed by atoms with Crippen molar-refractivity contribution in [2.45, 2.75) is 54.5 Å². The number of carbonyl (C=O) groups excluding carboxylic acids is 3. The van der Waals surface area contributed by atoms with Crippen LogP contribution in [-0.2, 0) is 9.53 Å². The van der Waals surface area contributed by atoms with Crippen molar-refractivity contribution in [3.63, 3.8) is 0 Å². The molecule has 0 bridgehead atoms. The SMILES string of the molecule is Cc1cc(C(=O)OCC(=O)c2ccc(NC(=O)C(C)(C)C)cc2)c(C)n1C(C)C. The molecule has 0 spiro atoms. The van der Waals surface area contributed by atoms with Gasteiger partial charge in [0, 0.05) is 34.1 Å². The molecule has 0 atom stereocenters.